The van der Waals surface area contributed by atoms with Crippen molar-refractivity contribution in [2.24, 2.45) is 0 Å². The van der Waals surface area contributed by atoms with Crippen molar-refractivity contribution in [1.29, 1.82) is 0 Å². The van der Waals surface area contributed by atoms with Gasteiger partial charge in [-0.2, -0.15) is 0 Å². The lowest BCUT2D eigenvalue weighted by molar-refractivity contribution is -0.121. The number of amides is 1. The number of aliphatic hydroxyl groups is 1. The van der Waals surface area contributed by atoms with Crippen LogP contribution in [0.15, 0.2) is 18.2 Å². The monoisotopic (exact) mass is 305 g/mol. The number of benzene rings is 1. The van der Waals surface area contributed by atoms with E-state index in [1.165, 1.54) is 0 Å². The van der Waals surface area contributed by atoms with Crippen molar-refractivity contribution in [3.63, 3.8) is 0 Å². The molecule has 1 aromatic rings. The molecule has 19 heavy (non-hydrogen) atoms. The fourth-order valence-electron chi connectivity index (χ4n) is 1.35. The Morgan fingerprint density at radius 3 is 2.84 bits per heavy atom. The fraction of sp³-hybridized carbons (Fsp3) is 0.462. The van der Waals surface area contributed by atoms with E-state index in [0.717, 1.165) is 0 Å². The number of rotatable bonds is 7. The van der Waals surface area contributed by atoms with Crippen LogP contribution < -0.4 is 10.1 Å². The summed E-state index contributed by atoms with van der Waals surface area (Å²) in [6.07, 6.45) is 0.360. The first-order valence-corrected chi connectivity index (χ1v) is 6.77. The third kappa shape index (κ3) is 6.66. The normalized spacial score (nSPS) is 12.0. The summed E-state index contributed by atoms with van der Waals surface area (Å²) in [4.78, 5) is 11.4. The van der Waals surface area contributed by atoms with Crippen LogP contribution in [0.3, 0.4) is 0 Å². The van der Waals surface area contributed by atoms with Crippen molar-refractivity contribution in [1.82, 2.24) is 5.32 Å². The molecule has 1 rings (SSSR count). The standard InChI is InChI=1S/C13H17Cl2NO3/c1-9(17)4-6-16-13(18)5-7-19-12-3-2-10(14)8-11(12)15/h2-3,8-9,17H,4-7H2,1H3,(H,16,18). The number of hydrogen-bond donors (Lipinski definition) is 2. The minimum atomic E-state index is -0.413. The Morgan fingerprint density at radius 2 is 2.21 bits per heavy atom. The van der Waals surface area contributed by atoms with Gasteiger partial charge in [0.25, 0.3) is 0 Å². The van der Waals surface area contributed by atoms with Crippen molar-refractivity contribution in [3.05, 3.63) is 28.2 Å². The van der Waals surface area contributed by atoms with Gasteiger partial charge < -0.3 is 15.2 Å². The number of carbonyl (C=O) groups excluding carboxylic acids is 1. The molecule has 2 N–H and O–H groups in total. The van der Waals surface area contributed by atoms with Crippen molar-refractivity contribution < 1.29 is 14.6 Å². The van der Waals surface area contributed by atoms with Gasteiger partial charge in [0.2, 0.25) is 5.91 Å². The smallest absolute Gasteiger partial charge is 0.223 e. The highest BCUT2D eigenvalue weighted by molar-refractivity contribution is 6.35. The van der Waals surface area contributed by atoms with Crippen LogP contribution in [0.4, 0.5) is 0 Å². The second-order valence-corrected chi connectivity index (χ2v) is 5.00. The van der Waals surface area contributed by atoms with E-state index in [1.54, 1.807) is 25.1 Å². The largest absolute Gasteiger partial charge is 0.491 e. The summed E-state index contributed by atoms with van der Waals surface area (Å²) < 4.78 is 5.39. The summed E-state index contributed by atoms with van der Waals surface area (Å²) >= 11 is 11.7. The Hall–Kier alpha value is -0.970. The molecule has 0 aliphatic heterocycles. The van der Waals surface area contributed by atoms with Gasteiger partial charge in [-0.25, -0.2) is 0 Å². The van der Waals surface area contributed by atoms with E-state index in [4.69, 9.17) is 33.0 Å². The summed E-state index contributed by atoms with van der Waals surface area (Å²) in [6.45, 7) is 2.37. The predicted molar refractivity (Wildman–Crippen MR) is 75.9 cm³/mol. The molecular weight excluding hydrogens is 289 g/mol. The number of ether oxygens (including phenoxy) is 1. The lowest BCUT2D eigenvalue weighted by Crippen LogP contribution is -2.27. The molecule has 0 spiro atoms. The van der Waals surface area contributed by atoms with Crippen LogP contribution >= 0.6 is 23.2 Å². The maximum Gasteiger partial charge on any atom is 0.223 e. The number of hydrogen-bond acceptors (Lipinski definition) is 3. The molecule has 0 radical (unpaired) electrons. The minimum Gasteiger partial charge on any atom is -0.491 e. The summed E-state index contributed by atoms with van der Waals surface area (Å²) in [5.74, 6) is 0.383. The second-order valence-electron chi connectivity index (χ2n) is 4.16. The number of aliphatic hydroxyl groups excluding tert-OH is 1. The first-order valence-electron chi connectivity index (χ1n) is 6.01. The van der Waals surface area contributed by atoms with E-state index in [0.29, 0.717) is 28.8 Å². The van der Waals surface area contributed by atoms with Crippen molar-refractivity contribution in [2.75, 3.05) is 13.2 Å². The van der Waals surface area contributed by atoms with Crippen LogP contribution in [-0.2, 0) is 4.79 Å². The van der Waals surface area contributed by atoms with Crippen LogP contribution in [0.5, 0.6) is 5.75 Å². The van der Waals surface area contributed by atoms with Gasteiger partial charge >= 0.3 is 0 Å². The highest BCUT2D eigenvalue weighted by atomic mass is 35.5. The Balaban J connectivity index is 2.24. The molecule has 0 heterocycles. The highest BCUT2D eigenvalue weighted by Gasteiger charge is 2.05. The van der Waals surface area contributed by atoms with E-state index in [2.05, 4.69) is 5.32 Å². The Labute approximate surface area is 122 Å². The zero-order valence-corrected chi connectivity index (χ0v) is 12.2. The van der Waals surface area contributed by atoms with E-state index in [1.807, 2.05) is 0 Å². The van der Waals surface area contributed by atoms with Gasteiger partial charge in [0.1, 0.15) is 5.75 Å². The summed E-state index contributed by atoms with van der Waals surface area (Å²) in [7, 11) is 0. The van der Waals surface area contributed by atoms with E-state index in [9.17, 15) is 4.79 Å². The molecule has 106 valence electrons. The molecule has 0 bridgehead atoms. The first kappa shape index (κ1) is 16.1. The molecule has 1 amide bonds. The minimum absolute atomic E-state index is 0.120. The number of nitrogens with one attached hydrogen (secondary N) is 1. The quantitative estimate of drug-likeness (QED) is 0.814. The lowest BCUT2D eigenvalue weighted by atomic mass is 10.3. The molecule has 0 aromatic heterocycles. The number of carbonyl (C=O) groups is 1. The predicted octanol–water partition coefficient (Wildman–Crippen LogP) is 2.65. The van der Waals surface area contributed by atoms with E-state index >= 15 is 0 Å². The van der Waals surface area contributed by atoms with Crippen LogP contribution in [0, 0.1) is 0 Å². The maximum absolute atomic E-state index is 11.4. The Kier molecular flexibility index (Phi) is 6.99. The van der Waals surface area contributed by atoms with Gasteiger partial charge in [0, 0.05) is 11.6 Å². The van der Waals surface area contributed by atoms with Gasteiger partial charge in [-0.3, -0.25) is 4.79 Å². The molecule has 0 saturated heterocycles. The molecule has 1 atom stereocenters. The van der Waals surface area contributed by atoms with Crippen molar-refractivity contribution in [3.8, 4) is 5.75 Å². The van der Waals surface area contributed by atoms with Gasteiger partial charge in [0.05, 0.1) is 24.2 Å². The van der Waals surface area contributed by atoms with Gasteiger partial charge in [-0.05, 0) is 31.5 Å². The zero-order valence-electron chi connectivity index (χ0n) is 10.7. The Morgan fingerprint density at radius 1 is 1.47 bits per heavy atom. The highest BCUT2D eigenvalue weighted by Crippen LogP contribution is 2.27. The summed E-state index contributed by atoms with van der Waals surface area (Å²) in [5, 5.41) is 12.7. The molecule has 1 unspecified atom stereocenters. The van der Waals surface area contributed by atoms with Crippen LogP contribution in [-0.4, -0.2) is 30.3 Å². The van der Waals surface area contributed by atoms with Gasteiger partial charge in [-0.1, -0.05) is 23.2 Å². The second kappa shape index (κ2) is 8.25. The molecule has 0 aliphatic rings. The Bertz CT molecular complexity index is 424. The molecule has 0 saturated carbocycles. The molecule has 4 nitrogen and oxygen atoms in total. The third-order valence-electron chi connectivity index (χ3n) is 2.36. The average molecular weight is 306 g/mol. The van der Waals surface area contributed by atoms with Crippen LogP contribution in [0.1, 0.15) is 19.8 Å². The van der Waals surface area contributed by atoms with Crippen molar-refractivity contribution in [2.45, 2.75) is 25.9 Å². The van der Waals surface area contributed by atoms with E-state index < -0.39 is 6.10 Å². The average Bonchev–Trinajstić information content (AvgIpc) is 2.31. The third-order valence-corrected chi connectivity index (χ3v) is 2.90. The van der Waals surface area contributed by atoms with Crippen LogP contribution in [0.25, 0.3) is 0 Å². The van der Waals surface area contributed by atoms with Crippen LogP contribution in [0.2, 0.25) is 10.0 Å². The molecule has 0 aliphatic carbocycles. The van der Waals surface area contributed by atoms with Crippen molar-refractivity contribution >= 4 is 29.1 Å². The molecule has 0 fully saturated rings. The van der Waals surface area contributed by atoms with Gasteiger partial charge in [-0.15, -0.1) is 0 Å². The maximum atomic E-state index is 11.4. The van der Waals surface area contributed by atoms with E-state index in [-0.39, 0.29) is 18.9 Å². The SMILES string of the molecule is CC(O)CCNC(=O)CCOc1ccc(Cl)cc1Cl. The summed E-state index contributed by atoms with van der Waals surface area (Å²) in [5.41, 5.74) is 0. The summed E-state index contributed by atoms with van der Waals surface area (Å²) in [6, 6.07) is 4.92. The molecular formula is C13H17Cl2NO3. The zero-order chi connectivity index (χ0) is 14.3. The topological polar surface area (TPSA) is 58.6 Å². The first-order chi connectivity index (χ1) is 8.99. The fourth-order valence-corrected chi connectivity index (χ4v) is 1.82. The lowest BCUT2D eigenvalue weighted by Gasteiger charge is -2.09. The molecule has 1 aromatic carbocycles. The number of halogens is 2. The molecule has 6 heteroatoms. The van der Waals surface area contributed by atoms with Gasteiger partial charge in [0.15, 0.2) is 0 Å².